The Labute approximate surface area is 194 Å². The Morgan fingerprint density at radius 2 is 2.03 bits per heavy atom. The van der Waals surface area contributed by atoms with Crippen LogP contribution in [0.5, 0.6) is 5.88 Å². The lowest BCUT2D eigenvalue weighted by atomic mass is 10.2. The zero-order valence-corrected chi connectivity index (χ0v) is 18.7. The van der Waals surface area contributed by atoms with Crippen molar-refractivity contribution >= 4 is 28.8 Å². The Morgan fingerprint density at radius 1 is 1.18 bits per heavy atom. The minimum Gasteiger partial charge on any atom is -0.481 e. The number of nitrogens with one attached hydrogen (secondary N) is 2. The quantitative estimate of drug-likeness (QED) is 0.322. The zero-order chi connectivity index (χ0) is 24.1. The van der Waals surface area contributed by atoms with E-state index in [0.717, 1.165) is 42.1 Å². The average molecular weight is 465 g/mol. The molecule has 0 fully saturated rings. The molecule has 0 amide bonds. The van der Waals surface area contributed by atoms with Crippen molar-refractivity contribution in [3.63, 3.8) is 0 Å². The number of ether oxygens (including phenoxy) is 1. The van der Waals surface area contributed by atoms with E-state index in [2.05, 4.69) is 42.1 Å². The number of aromatic nitrogens is 5. The molecule has 4 rings (SSSR count). The highest BCUT2D eigenvalue weighted by Crippen LogP contribution is 2.22. The van der Waals surface area contributed by atoms with Crippen LogP contribution in [0.2, 0.25) is 0 Å². The SMILES string of the molecule is CCCN(CCNc1ncc(C(=O)O)cc1F)c1ccc(-c2nc3nc(OC)ccc3[nH]2)cn1. The molecule has 0 aliphatic carbocycles. The lowest BCUT2D eigenvalue weighted by Crippen LogP contribution is -2.30. The lowest BCUT2D eigenvalue weighted by Gasteiger charge is -2.23. The molecule has 34 heavy (non-hydrogen) atoms. The van der Waals surface area contributed by atoms with Crippen molar-refractivity contribution in [2.45, 2.75) is 13.3 Å². The van der Waals surface area contributed by atoms with E-state index in [4.69, 9.17) is 9.84 Å². The first kappa shape index (κ1) is 22.9. The van der Waals surface area contributed by atoms with Crippen LogP contribution in [0, 0.1) is 5.82 Å². The fraction of sp³-hybridized carbons (Fsp3) is 0.261. The second-order valence-corrected chi connectivity index (χ2v) is 7.49. The number of aromatic carboxylic acids is 1. The molecule has 10 nitrogen and oxygen atoms in total. The van der Waals surface area contributed by atoms with Gasteiger partial charge < -0.3 is 25.0 Å². The maximum Gasteiger partial charge on any atom is 0.337 e. The van der Waals surface area contributed by atoms with Gasteiger partial charge in [0.1, 0.15) is 11.6 Å². The summed E-state index contributed by atoms with van der Waals surface area (Å²) in [6, 6.07) is 8.42. The van der Waals surface area contributed by atoms with Crippen molar-refractivity contribution in [3.05, 3.63) is 54.1 Å². The molecule has 0 atom stereocenters. The number of pyridine rings is 3. The Morgan fingerprint density at radius 3 is 2.71 bits per heavy atom. The summed E-state index contributed by atoms with van der Waals surface area (Å²) < 4.78 is 19.2. The fourth-order valence-corrected chi connectivity index (χ4v) is 3.44. The van der Waals surface area contributed by atoms with Gasteiger partial charge >= 0.3 is 5.97 Å². The van der Waals surface area contributed by atoms with Gasteiger partial charge in [0.15, 0.2) is 17.3 Å². The van der Waals surface area contributed by atoms with Crippen LogP contribution < -0.4 is 15.0 Å². The molecule has 0 aliphatic rings. The molecular formula is C23H24FN7O3. The average Bonchev–Trinajstić information content (AvgIpc) is 3.27. The van der Waals surface area contributed by atoms with Gasteiger partial charge in [0.25, 0.3) is 0 Å². The monoisotopic (exact) mass is 465 g/mol. The fourth-order valence-electron chi connectivity index (χ4n) is 3.44. The van der Waals surface area contributed by atoms with E-state index in [1.165, 1.54) is 0 Å². The number of carboxylic acids is 1. The molecule has 0 aliphatic heterocycles. The van der Waals surface area contributed by atoms with Gasteiger partial charge in [-0.15, -0.1) is 0 Å². The normalized spacial score (nSPS) is 10.9. The minimum atomic E-state index is -1.22. The molecule has 0 radical (unpaired) electrons. The summed E-state index contributed by atoms with van der Waals surface area (Å²) in [5.41, 5.74) is 1.99. The molecule has 0 saturated carbocycles. The minimum absolute atomic E-state index is 0.0138. The number of fused-ring (bicyclic) bond motifs is 1. The van der Waals surface area contributed by atoms with Crippen LogP contribution in [0.25, 0.3) is 22.6 Å². The summed E-state index contributed by atoms with van der Waals surface area (Å²) in [5.74, 6) is 0.0149. The van der Waals surface area contributed by atoms with Gasteiger partial charge in [-0.3, -0.25) is 0 Å². The van der Waals surface area contributed by atoms with E-state index in [9.17, 15) is 9.18 Å². The van der Waals surface area contributed by atoms with Crippen LogP contribution in [0.15, 0.2) is 42.7 Å². The van der Waals surface area contributed by atoms with E-state index in [-0.39, 0.29) is 11.4 Å². The number of H-pyrrole nitrogens is 1. The smallest absolute Gasteiger partial charge is 0.337 e. The summed E-state index contributed by atoms with van der Waals surface area (Å²) in [5, 5.41) is 11.8. The highest BCUT2D eigenvalue weighted by atomic mass is 19.1. The van der Waals surface area contributed by atoms with Gasteiger partial charge in [-0.2, -0.15) is 4.98 Å². The van der Waals surface area contributed by atoms with Crippen LogP contribution >= 0.6 is 0 Å². The molecule has 176 valence electrons. The number of nitrogens with zero attached hydrogens (tertiary/aromatic N) is 5. The topological polar surface area (TPSA) is 129 Å². The van der Waals surface area contributed by atoms with Crippen LogP contribution in [-0.2, 0) is 0 Å². The summed E-state index contributed by atoms with van der Waals surface area (Å²) in [4.78, 5) is 33.5. The number of imidazole rings is 1. The first-order chi connectivity index (χ1) is 16.5. The Balaban J connectivity index is 1.43. The first-order valence-corrected chi connectivity index (χ1v) is 10.7. The molecule has 0 bridgehead atoms. The summed E-state index contributed by atoms with van der Waals surface area (Å²) in [6.07, 6.45) is 3.77. The van der Waals surface area contributed by atoms with Crippen molar-refractivity contribution in [1.29, 1.82) is 0 Å². The third-order valence-electron chi connectivity index (χ3n) is 5.13. The number of halogens is 1. The molecular weight excluding hydrogens is 441 g/mol. The van der Waals surface area contributed by atoms with Crippen LogP contribution in [0.3, 0.4) is 0 Å². The second kappa shape index (κ2) is 10.1. The second-order valence-electron chi connectivity index (χ2n) is 7.49. The largest absolute Gasteiger partial charge is 0.481 e. The number of methoxy groups -OCH3 is 1. The highest BCUT2D eigenvalue weighted by Gasteiger charge is 2.13. The van der Waals surface area contributed by atoms with Gasteiger partial charge in [-0.1, -0.05) is 6.92 Å². The molecule has 4 aromatic heterocycles. The van der Waals surface area contributed by atoms with E-state index in [1.807, 2.05) is 18.2 Å². The van der Waals surface area contributed by atoms with Crippen LogP contribution in [0.1, 0.15) is 23.7 Å². The number of aromatic amines is 1. The summed E-state index contributed by atoms with van der Waals surface area (Å²) >= 11 is 0. The van der Waals surface area contributed by atoms with Crippen molar-refractivity contribution in [1.82, 2.24) is 24.9 Å². The molecule has 4 aromatic rings. The van der Waals surface area contributed by atoms with Crippen LogP contribution in [-0.4, -0.2) is 62.7 Å². The molecule has 0 spiro atoms. The zero-order valence-electron chi connectivity index (χ0n) is 18.7. The standard InChI is InChI=1S/C23H24FN7O3/c1-3-9-31(10-8-25-21-16(24)11-15(13-27-21)23(32)33)18-6-4-14(12-26-18)20-28-17-5-7-19(34-2)29-22(17)30-20/h4-7,11-13H,3,8-10H2,1-2H3,(H,25,27)(H,32,33)(H,28,29,30). The number of carboxylic acid groups (broad SMARTS) is 1. The molecule has 11 heteroatoms. The van der Waals surface area contributed by atoms with E-state index in [1.54, 1.807) is 19.4 Å². The van der Waals surface area contributed by atoms with Crippen molar-refractivity contribution < 1.29 is 19.0 Å². The summed E-state index contributed by atoms with van der Waals surface area (Å²) in [6.45, 7) is 3.78. The van der Waals surface area contributed by atoms with Crippen molar-refractivity contribution in [2.75, 3.05) is 37.0 Å². The third-order valence-corrected chi connectivity index (χ3v) is 5.13. The Kier molecular flexibility index (Phi) is 6.81. The number of rotatable bonds is 10. The maximum atomic E-state index is 14.1. The third kappa shape index (κ3) is 5.03. The van der Waals surface area contributed by atoms with Crippen LogP contribution in [0.4, 0.5) is 16.0 Å². The molecule has 4 heterocycles. The number of anilines is 2. The Bertz CT molecular complexity index is 1290. The number of carbonyl (C=O) groups is 1. The first-order valence-electron chi connectivity index (χ1n) is 10.7. The highest BCUT2D eigenvalue weighted by molar-refractivity contribution is 5.87. The number of hydrogen-bond acceptors (Lipinski definition) is 8. The van der Waals surface area contributed by atoms with E-state index < -0.39 is 11.8 Å². The van der Waals surface area contributed by atoms with E-state index >= 15 is 0 Å². The lowest BCUT2D eigenvalue weighted by molar-refractivity contribution is 0.0696. The van der Waals surface area contributed by atoms with Gasteiger partial charge in [0.05, 0.1) is 18.2 Å². The maximum absolute atomic E-state index is 14.1. The number of hydrogen-bond donors (Lipinski definition) is 3. The van der Waals surface area contributed by atoms with Gasteiger partial charge in [0.2, 0.25) is 5.88 Å². The van der Waals surface area contributed by atoms with Crippen molar-refractivity contribution in [3.8, 4) is 17.3 Å². The van der Waals surface area contributed by atoms with Gasteiger partial charge in [-0.05, 0) is 30.7 Å². The van der Waals surface area contributed by atoms with Gasteiger partial charge in [-0.25, -0.2) is 24.1 Å². The van der Waals surface area contributed by atoms with Crippen molar-refractivity contribution in [2.24, 2.45) is 0 Å². The predicted molar refractivity (Wildman–Crippen MR) is 126 cm³/mol. The van der Waals surface area contributed by atoms with Gasteiger partial charge in [0, 0.05) is 43.7 Å². The molecule has 0 saturated heterocycles. The molecule has 0 unspecified atom stereocenters. The molecule has 3 N–H and O–H groups in total. The molecule has 0 aromatic carbocycles. The van der Waals surface area contributed by atoms with E-state index in [0.29, 0.717) is 30.4 Å². The Hall–Kier alpha value is -4.28. The summed E-state index contributed by atoms with van der Waals surface area (Å²) in [7, 11) is 1.56. The predicted octanol–water partition coefficient (Wildman–Crippen LogP) is 3.59.